The third kappa shape index (κ3) is 3.87. The van der Waals surface area contributed by atoms with Crippen molar-refractivity contribution < 1.29 is 13.9 Å². The van der Waals surface area contributed by atoms with Crippen molar-refractivity contribution in [2.45, 2.75) is 43.9 Å². The Hall–Kier alpha value is -2.65. The molecule has 0 radical (unpaired) electrons. The van der Waals surface area contributed by atoms with Crippen molar-refractivity contribution in [3.05, 3.63) is 40.5 Å². The molecule has 0 spiro atoms. The predicted octanol–water partition coefficient (Wildman–Crippen LogP) is 4.52. The Labute approximate surface area is 181 Å². The fourth-order valence-corrected chi connectivity index (χ4v) is 5.62. The molecule has 9 heteroatoms. The van der Waals surface area contributed by atoms with E-state index in [1.165, 1.54) is 41.5 Å². The first-order valence-corrected chi connectivity index (χ1v) is 11.7. The monoisotopic (exact) mass is 440 g/mol. The van der Waals surface area contributed by atoms with Crippen molar-refractivity contribution in [1.29, 1.82) is 0 Å². The van der Waals surface area contributed by atoms with Crippen molar-refractivity contribution >= 4 is 56.2 Å². The van der Waals surface area contributed by atoms with Crippen LogP contribution in [0.1, 0.15) is 35.5 Å². The first-order chi connectivity index (χ1) is 14.7. The van der Waals surface area contributed by atoms with Crippen molar-refractivity contribution in [3.8, 4) is 0 Å². The number of anilines is 1. The Balaban J connectivity index is 1.23. The summed E-state index contributed by atoms with van der Waals surface area (Å²) in [6.07, 6.45) is 5.74. The SMILES string of the molecule is Nc1nc(COC(=O)CSc2nc3ccccc3o2)nc2sc3c(c12)CCCCC3. The molecule has 0 atom stereocenters. The number of hydrogen-bond acceptors (Lipinski definition) is 9. The summed E-state index contributed by atoms with van der Waals surface area (Å²) in [4.78, 5) is 27.7. The number of aryl methyl sites for hydroxylation is 2. The molecule has 7 nitrogen and oxygen atoms in total. The minimum Gasteiger partial charge on any atom is -0.457 e. The maximum atomic E-state index is 12.2. The van der Waals surface area contributed by atoms with Crippen LogP contribution in [0.25, 0.3) is 21.3 Å². The summed E-state index contributed by atoms with van der Waals surface area (Å²) in [6.45, 7) is -0.00431. The molecule has 0 saturated carbocycles. The highest BCUT2D eigenvalue weighted by molar-refractivity contribution is 7.99. The highest BCUT2D eigenvalue weighted by atomic mass is 32.2. The van der Waals surface area contributed by atoms with Crippen LogP contribution < -0.4 is 5.73 Å². The molecule has 1 aliphatic carbocycles. The Morgan fingerprint density at radius 2 is 2.03 bits per heavy atom. The van der Waals surface area contributed by atoms with Crippen LogP contribution in [0.5, 0.6) is 0 Å². The largest absolute Gasteiger partial charge is 0.457 e. The third-order valence-electron chi connectivity index (χ3n) is 5.09. The van der Waals surface area contributed by atoms with Crippen molar-refractivity contribution in [1.82, 2.24) is 15.0 Å². The number of nitrogens with zero attached hydrogens (tertiary/aromatic N) is 3. The van der Waals surface area contributed by atoms with E-state index in [4.69, 9.17) is 14.9 Å². The van der Waals surface area contributed by atoms with E-state index in [2.05, 4.69) is 15.0 Å². The number of carbonyl (C=O) groups excluding carboxylic acids is 1. The van der Waals surface area contributed by atoms with E-state index in [9.17, 15) is 4.79 Å². The molecule has 0 bridgehead atoms. The van der Waals surface area contributed by atoms with Gasteiger partial charge in [-0.2, -0.15) is 0 Å². The molecule has 0 aliphatic heterocycles. The van der Waals surface area contributed by atoms with Gasteiger partial charge in [0, 0.05) is 4.88 Å². The molecule has 5 rings (SSSR count). The highest BCUT2D eigenvalue weighted by Crippen LogP contribution is 2.37. The van der Waals surface area contributed by atoms with Crippen LogP contribution in [-0.4, -0.2) is 26.7 Å². The van der Waals surface area contributed by atoms with Crippen LogP contribution in [0.4, 0.5) is 5.82 Å². The molecular weight excluding hydrogens is 420 g/mol. The van der Waals surface area contributed by atoms with Gasteiger partial charge in [-0.3, -0.25) is 4.79 Å². The van der Waals surface area contributed by atoms with Crippen molar-refractivity contribution in [2.75, 3.05) is 11.5 Å². The molecule has 0 saturated heterocycles. The van der Waals surface area contributed by atoms with Gasteiger partial charge in [-0.05, 0) is 43.4 Å². The van der Waals surface area contributed by atoms with Crippen LogP contribution in [0, 0.1) is 0 Å². The number of thioether (sulfide) groups is 1. The van der Waals surface area contributed by atoms with Gasteiger partial charge < -0.3 is 14.9 Å². The molecule has 0 unspecified atom stereocenters. The number of ether oxygens (including phenoxy) is 1. The van der Waals surface area contributed by atoms with Crippen LogP contribution in [0.15, 0.2) is 33.9 Å². The molecule has 1 aliphatic rings. The fraction of sp³-hybridized carbons (Fsp3) is 0.333. The summed E-state index contributed by atoms with van der Waals surface area (Å²) in [6, 6.07) is 7.47. The van der Waals surface area contributed by atoms with Gasteiger partial charge in [0.2, 0.25) is 0 Å². The lowest BCUT2D eigenvalue weighted by molar-refractivity contribution is -0.141. The van der Waals surface area contributed by atoms with E-state index in [-0.39, 0.29) is 18.3 Å². The van der Waals surface area contributed by atoms with Crippen LogP contribution >= 0.6 is 23.1 Å². The first-order valence-electron chi connectivity index (χ1n) is 9.88. The molecule has 0 fully saturated rings. The zero-order valence-corrected chi connectivity index (χ0v) is 17.9. The Morgan fingerprint density at radius 3 is 2.93 bits per heavy atom. The van der Waals surface area contributed by atoms with Crippen molar-refractivity contribution in [2.24, 2.45) is 0 Å². The summed E-state index contributed by atoms with van der Waals surface area (Å²) in [5, 5.41) is 1.42. The molecule has 3 heterocycles. The number of nitrogen functional groups attached to an aromatic ring is 1. The smallest absolute Gasteiger partial charge is 0.316 e. The number of esters is 1. The molecule has 0 amide bonds. The molecule has 2 N–H and O–H groups in total. The van der Waals surface area contributed by atoms with Gasteiger partial charge in [-0.1, -0.05) is 30.3 Å². The molecule has 4 aromatic rings. The second-order valence-electron chi connectivity index (χ2n) is 7.17. The number of hydrogen-bond donors (Lipinski definition) is 1. The van der Waals surface area contributed by atoms with Crippen molar-refractivity contribution in [3.63, 3.8) is 0 Å². The minimum absolute atomic E-state index is 0.00431. The number of fused-ring (bicyclic) bond motifs is 4. The number of carbonyl (C=O) groups is 1. The van der Waals surface area contributed by atoms with Gasteiger partial charge in [-0.15, -0.1) is 11.3 Å². The van der Waals surface area contributed by atoms with Gasteiger partial charge in [-0.25, -0.2) is 15.0 Å². The van der Waals surface area contributed by atoms with E-state index in [0.717, 1.165) is 28.6 Å². The quantitative estimate of drug-likeness (QED) is 0.274. The minimum atomic E-state index is -0.383. The first kappa shape index (κ1) is 19.3. The summed E-state index contributed by atoms with van der Waals surface area (Å²) in [5.41, 5.74) is 9.01. The maximum absolute atomic E-state index is 12.2. The second kappa shape index (κ2) is 8.23. The number of benzene rings is 1. The van der Waals surface area contributed by atoms with E-state index >= 15 is 0 Å². The van der Waals surface area contributed by atoms with E-state index in [1.54, 1.807) is 11.3 Å². The Kier molecular flexibility index (Phi) is 5.30. The summed E-state index contributed by atoms with van der Waals surface area (Å²) in [7, 11) is 0. The van der Waals surface area contributed by atoms with Gasteiger partial charge in [0.25, 0.3) is 5.22 Å². The fourth-order valence-electron chi connectivity index (χ4n) is 3.69. The Bertz CT molecular complexity index is 1200. The van der Waals surface area contributed by atoms with Gasteiger partial charge >= 0.3 is 5.97 Å². The number of oxazole rings is 1. The normalized spacial score (nSPS) is 14.0. The lowest BCUT2D eigenvalue weighted by atomic mass is 10.1. The molecule has 30 heavy (non-hydrogen) atoms. The van der Waals surface area contributed by atoms with Crippen LogP contribution in [0.3, 0.4) is 0 Å². The average molecular weight is 441 g/mol. The van der Waals surface area contributed by atoms with Gasteiger partial charge in [0.1, 0.15) is 21.9 Å². The van der Waals surface area contributed by atoms with E-state index < -0.39 is 0 Å². The average Bonchev–Trinajstić information content (AvgIpc) is 3.24. The summed E-state index contributed by atoms with van der Waals surface area (Å²) in [5.74, 6) is 0.618. The number of nitrogens with two attached hydrogens (primary N) is 1. The molecule has 1 aromatic carbocycles. The number of thiophene rings is 1. The number of aromatic nitrogens is 3. The molecule has 3 aromatic heterocycles. The molecular formula is C21H20N4O3S2. The molecule has 154 valence electrons. The maximum Gasteiger partial charge on any atom is 0.316 e. The number of para-hydroxylation sites is 2. The Morgan fingerprint density at radius 1 is 1.17 bits per heavy atom. The summed E-state index contributed by atoms with van der Waals surface area (Å²) >= 11 is 2.89. The topological polar surface area (TPSA) is 104 Å². The van der Waals surface area contributed by atoms with Crippen LogP contribution in [-0.2, 0) is 29.0 Å². The van der Waals surface area contributed by atoms with Gasteiger partial charge in [0.05, 0.1) is 5.39 Å². The second-order valence-corrected chi connectivity index (χ2v) is 9.18. The third-order valence-corrected chi connectivity index (χ3v) is 7.08. The summed E-state index contributed by atoms with van der Waals surface area (Å²) < 4.78 is 10.9. The van der Waals surface area contributed by atoms with Crippen LogP contribution in [0.2, 0.25) is 0 Å². The number of rotatable bonds is 5. The van der Waals surface area contributed by atoms with E-state index in [1.807, 2.05) is 24.3 Å². The van der Waals surface area contributed by atoms with Gasteiger partial charge in [0.15, 0.2) is 18.0 Å². The lowest BCUT2D eigenvalue weighted by Crippen LogP contribution is -2.10. The lowest BCUT2D eigenvalue weighted by Gasteiger charge is -2.06. The zero-order valence-electron chi connectivity index (χ0n) is 16.2. The highest BCUT2D eigenvalue weighted by Gasteiger charge is 2.19. The zero-order chi connectivity index (χ0) is 20.5. The predicted molar refractivity (Wildman–Crippen MR) is 118 cm³/mol. The standard InChI is InChI=1S/C21H20N4O3S2/c22-19-18-12-6-2-1-3-9-15(12)30-20(18)25-16(24-19)10-27-17(26)11-29-21-23-13-7-4-5-8-14(13)28-21/h4-5,7-8H,1-3,6,9-11H2,(H2,22,24,25). The van der Waals surface area contributed by atoms with E-state index in [0.29, 0.717) is 22.4 Å².